The van der Waals surface area contributed by atoms with Crippen molar-refractivity contribution < 1.29 is 32.2 Å². The topological polar surface area (TPSA) is 80.8 Å². The summed E-state index contributed by atoms with van der Waals surface area (Å²) in [7, 11) is 1.48. The van der Waals surface area contributed by atoms with Gasteiger partial charge in [-0.1, -0.05) is 18.2 Å². The minimum atomic E-state index is -4.55. The molecule has 2 rings (SSSR count). The number of alkyl halides is 3. The van der Waals surface area contributed by atoms with Crippen LogP contribution in [0.5, 0.6) is 0 Å². The molecule has 0 radical (unpaired) electrons. The Bertz CT molecular complexity index is 1190. The fourth-order valence-electron chi connectivity index (χ4n) is 3.74. The zero-order valence-electron chi connectivity index (χ0n) is 22.5. The molecule has 1 aromatic heterocycles. The van der Waals surface area contributed by atoms with E-state index in [9.17, 15) is 22.8 Å². The third-order valence-electron chi connectivity index (χ3n) is 5.66. The lowest BCUT2D eigenvalue weighted by atomic mass is 9.95. The van der Waals surface area contributed by atoms with Crippen molar-refractivity contribution in [2.24, 2.45) is 0 Å². The van der Waals surface area contributed by atoms with Crippen LogP contribution in [-0.4, -0.2) is 42.1 Å². The third-order valence-corrected chi connectivity index (χ3v) is 5.66. The van der Waals surface area contributed by atoms with Crippen LogP contribution in [0.1, 0.15) is 49.4 Å². The minimum absolute atomic E-state index is 0.0340. The number of esters is 1. The molecule has 0 fully saturated rings. The first kappa shape index (κ1) is 31.1. The number of aromatic nitrogens is 1. The first-order valence-corrected chi connectivity index (χ1v) is 12.4. The number of carbonyl (C=O) groups is 2. The van der Waals surface area contributed by atoms with Gasteiger partial charge in [-0.05, 0) is 78.9 Å². The number of hydrogen-bond donors (Lipinski definition) is 1. The van der Waals surface area contributed by atoms with Gasteiger partial charge >= 0.3 is 18.2 Å². The minimum Gasteiger partial charge on any atom is -0.504 e. The third kappa shape index (κ3) is 10.3. The number of rotatable bonds is 12. The van der Waals surface area contributed by atoms with E-state index in [1.807, 2.05) is 0 Å². The number of amides is 2. The second-order valence-corrected chi connectivity index (χ2v) is 8.51. The maximum absolute atomic E-state index is 13.6. The van der Waals surface area contributed by atoms with Crippen molar-refractivity contribution in [3.8, 4) is 0 Å². The van der Waals surface area contributed by atoms with Crippen molar-refractivity contribution in [1.82, 2.24) is 15.2 Å². The lowest BCUT2D eigenvalue weighted by molar-refractivity contribution is -0.142. The van der Waals surface area contributed by atoms with E-state index in [0.717, 1.165) is 17.7 Å². The number of hydrogen-bond acceptors (Lipinski definition) is 5. The van der Waals surface area contributed by atoms with Gasteiger partial charge in [-0.15, -0.1) is 0 Å². The van der Waals surface area contributed by atoms with E-state index < -0.39 is 23.7 Å². The first-order chi connectivity index (χ1) is 18.6. The normalized spacial score (nSPS) is 12.4. The molecule has 210 valence electrons. The average Bonchev–Trinajstić information content (AvgIpc) is 2.90. The molecule has 2 amide bonds. The van der Waals surface area contributed by atoms with Crippen molar-refractivity contribution in [3.63, 3.8) is 0 Å². The fourth-order valence-corrected chi connectivity index (χ4v) is 3.74. The summed E-state index contributed by atoms with van der Waals surface area (Å²) in [4.78, 5) is 30.4. The van der Waals surface area contributed by atoms with Crippen LogP contribution >= 0.6 is 0 Å². The molecule has 2 aromatic rings. The summed E-state index contributed by atoms with van der Waals surface area (Å²) >= 11 is 0. The van der Waals surface area contributed by atoms with Crippen LogP contribution in [0.4, 0.5) is 18.0 Å². The number of nitrogens with zero attached hydrogens (tertiary/aromatic N) is 2. The number of methoxy groups -OCH3 is 1. The molecule has 0 unspecified atom stereocenters. The lowest BCUT2D eigenvalue weighted by Crippen LogP contribution is -2.39. The molecule has 0 bridgehead atoms. The molecular formula is C29H34F3N3O4. The molecule has 7 nitrogen and oxygen atoms in total. The number of ether oxygens (including phenoxy) is 2. The second-order valence-electron chi connectivity index (χ2n) is 8.51. The van der Waals surface area contributed by atoms with Crippen LogP contribution in [0.15, 0.2) is 72.8 Å². The summed E-state index contributed by atoms with van der Waals surface area (Å²) in [5.41, 5.74) is 2.07. The summed E-state index contributed by atoms with van der Waals surface area (Å²) in [6.07, 6.45) is 5.05. The molecule has 0 atom stereocenters. The van der Waals surface area contributed by atoms with Crippen molar-refractivity contribution in [3.05, 3.63) is 95.0 Å². The molecule has 39 heavy (non-hydrogen) atoms. The molecule has 1 aromatic carbocycles. The number of carbonyl (C=O) groups excluding carboxylic acids is 2. The van der Waals surface area contributed by atoms with Crippen molar-refractivity contribution in [2.75, 3.05) is 20.3 Å². The van der Waals surface area contributed by atoms with Gasteiger partial charge in [0.05, 0.1) is 32.0 Å². The first-order valence-electron chi connectivity index (χ1n) is 12.4. The van der Waals surface area contributed by atoms with E-state index in [1.54, 1.807) is 63.5 Å². The van der Waals surface area contributed by atoms with E-state index in [4.69, 9.17) is 9.47 Å². The SMILES string of the molecule is CCOC(=O)CC(=C/C=C/OC)/C=C(\C)c1ccc(C(F)(F)F)cc1CN(CC)C(=O)NCc1ccncc1. The highest BCUT2D eigenvalue weighted by Gasteiger charge is 2.31. The standard InChI is InChI=1S/C29H34F3N3O4/c1-5-35(28(37)34-19-22-11-13-33-14-12-22)20-24-18-25(29(30,31)32)9-10-26(24)21(3)16-23(8-7-15-38-4)17-27(36)39-6-2/h7-16,18H,5-6,17,19-20H2,1-4H3,(H,34,37)/b15-7+,21-16+,23-8+. The Morgan fingerprint density at radius 3 is 2.46 bits per heavy atom. The number of pyridine rings is 1. The number of urea groups is 1. The maximum atomic E-state index is 13.6. The number of benzene rings is 1. The second kappa shape index (κ2) is 15.4. The Morgan fingerprint density at radius 2 is 1.85 bits per heavy atom. The Balaban J connectivity index is 2.41. The number of allylic oxidation sites excluding steroid dienone is 4. The van der Waals surface area contributed by atoms with Crippen molar-refractivity contribution in [1.29, 1.82) is 0 Å². The zero-order valence-corrected chi connectivity index (χ0v) is 22.5. The Labute approximate surface area is 227 Å². The van der Waals surface area contributed by atoms with Gasteiger partial charge in [0.25, 0.3) is 0 Å². The van der Waals surface area contributed by atoms with Crippen LogP contribution < -0.4 is 5.32 Å². The highest BCUT2D eigenvalue weighted by atomic mass is 19.4. The van der Waals surface area contributed by atoms with Gasteiger partial charge in [0.15, 0.2) is 0 Å². The molecule has 0 saturated carbocycles. The molecule has 1 heterocycles. The number of nitrogens with one attached hydrogen (secondary N) is 1. The lowest BCUT2D eigenvalue weighted by Gasteiger charge is -2.24. The molecule has 10 heteroatoms. The van der Waals surface area contributed by atoms with Crippen LogP contribution in [0.25, 0.3) is 5.57 Å². The van der Waals surface area contributed by atoms with Crippen molar-refractivity contribution >= 4 is 17.6 Å². The largest absolute Gasteiger partial charge is 0.504 e. The Morgan fingerprint density at radius 1 is 1.13 bits per heavy atom. The van der Waals surface area contributed by atoms with E-state index in [0.29, 0.717) is 22.3 Å². The van der Waals surface area contributed by atoms with Crippen LogP contribution in [0.2, 0.25) is 0 Å². The maximum Gasteiger partial charge on any atom is 0.416 e. The van der Waals surface area contributed by atoms with E-state index in [2.05, 4.69) is 10.3 Å². The fraction of sp³-hybridized carbons (Fsp3) is 0.345. The van der Waals surface area contributed by atoms with Gasteiger partial charge in [0, 0.05) is 32.0 Å². The molecule has 0 aliphatic rings. The van der Waals surface area contributed by atoms with Crippen LogP contribution in [-0.2, 0) is 33.5 Å². The van der Waals surface area contributed by atoms with Gasteiger partial charge in [-0.25, -0.2) is 4.79 Å². The van der Waals surface area contributed by atoms with Crippen molar-refractivity contribution in [2.45, 2.75) is 46.5 Å². The van der Waals surface area contributed by atoms with Gasteiger partial charge in [0.2, 0.25) is 0 Å². The van der Waals surface area contributed by atoms with E-state index in [-0.39, 0.29) is 32.7 Å². The quantitative estimate of drug-likeness (QED) is 0.193. The van der Waals surface area contributed by atoms with Gasteiger partial charge in [-0.3, -0.25) is 9.78 Å². The monoisotopic (exact) mass is 545 g/mol. The average molecular weight is 546 g/mol. The van der Waals surface area contributed by atoms with Gasteiger partial charge in [0.1, 0.15) is 0 Å². The Kier molecular flexibility index (Phi) is 12.3. The molecule has 1 N–H and O–H groups in total. The summed E-state index contributed by atoms with van der Waals surface area (Å²) in [6.45, 7) is 5.90. The highest BCUT2D eigenvalue weighted by molar-refractivity contribution is 5.77. The van der Waals surface area contributed by atoms with Crippen LogP contribution in [0, 0.1) is 0 Å². The van der Waals surface area contributed by atoms with E-state index >= 15 is 0 Å². The summed E-state index contributed by atoms with van der Waals surface area (Å²) in [5.74, 6) is -0.436. The molecule has 0 spiro atoms. The number of halogens is 3. The summed E-state index contributed by atoms with van der Waals surface area (Å²) in [6, 6.07) is 6.57. The molecule has 0 saturated heterocycles. The smallest absolute Gasteiger partial charge is 0.416 e. The van der Waals surface area contributed by atoms with Gasteiger partial charge < -0.3 is 19.7 Å². The molecule has 0 aliphatic heterocycles. The highest BCUT2D eigenvalue weighted by Crippen LogP contribution is 2.33. The molecular weight excluding hydrogens is 511 g/mol. The predicted molar refractivity (Wildman–Crippen MR) is 143 cm³/mol. The van der Waals surface area contributed by atoms with Crippen LogP contribution in [0.3, 0.4) is 0 Å². The molecule has 0 aliphatic carbocycles. The summed E-state index contributed by atoms with van der Waals surface area (Å²) in [5, 5.41) is 2.80. The van der Waals surface area contributed by atoms with Gasteiger partial charge in [-0.2, -0.15) is 13.2 Å². The predicted octanol–water partition coefficient (Wildman–Crippen LogP) is 6.28. The van der Waals surface area contributed by atoms with E-state index in [1.165, 1.54) is 24.3 Å². The zero-order chi connectivity index (χ0) is 28.8. The summed E-state index contributed by atoms with van der Waals surface area (Å²) < 4.78 is 50.7. The Hall–Kier alpha value is -4.08.